The van der Waals surface area contributed by atoms with Crippen molar-refractivity contribution in [3.8, 4) is 0 Å². The summed E-state index contributed by atoms with van der Waals surface area (Å²) in [6.07, 6.45) is 4.98. The van der Waals surface area contributed by atoms with Crippen LogP contribution in [0.5, 0.6) is 0 Å². The summed E-state index contributed by atoms with van der Waals surface area (Å²) in [5, 5.41) is 16.6. The molecule has 0 aromatic carbocycles. The average Bonchev–Trinajstić information content (AvgIpc) is 1.80. The highest BCUT2D eigenvalue weighted by atomic mass is 16.3. The van der Waals surface area contributed by atoms with Gasteiger partial charge in [0.25, 0.3) is 0 Å². The minimum absolute atomic E-state index is 0.397. The Morgan fingerprint density at radius 3 is 2.67 bits per heavy atom. The van der Waals surface area contributed by atoms with Crippen LogP contribution in [0.2, 0.25) is 0 Å². The van der Waals surface area contributed by atoms with E-state index >= 15 is 0 Å². The van der Waals surface area contributed by atoms with Crippen LogP contribution in [0.3, 0.4) is 0 Å². The molecule has 0 aliphatic carbocycles. The number of unbranched alkanes of at least 4 members (excludes halogenated alkanes) is 2. The molecule has 9 heavy (non-hydrogen) atoms. The van der Waals surface area contributed by atoms with E-state index in [1.165, 1.54) is 0 Å². The first-order valence-electron chi connectivity index (χ1n) is 3.12. The first kappa shape index (κ1) is 8.21. The summed E-state index contributed by atoms with van der Waals surface area (Å²) in [4.78, 5) is 0. The quantitative estimate of drug-likeness (QED) is 0.254. The summed E-state index contributed by atoms with van der Waals surface area (Å²) in [5.41, 5.74) is 0. The van der Waals surface area contributed by atoms with Crippen LogP contribution >= 0.6 is 0 Å². The second-order valence-corrected chi connectivity index (χ2v) is 1.96. The molecular formula is C7H12NO. The van der Waals surface area contributed by atoms with Crippen LogP contribution in [0.4, 0.5) is 0 Å². The van der Waals surface area contributed by atoms with E-state index < -0.39 is 5.90 Å². The highest BCUT2D eigenvalue weighted by Crippen LogP contribution is 1.99. The Morgan fingerprint density at radius 1 is 1.56 bits per heavy atom. The molecule has 0 aliphatic heterocycles. The minimum Gasteiger partial charge on any atom is -0.273 e. The van der Waals surface area contributed by atoms with E-state index in [1.54, 1.807) is 0 Å². The maximum absolute atomic E-state index is 10.0. The molecule has 0 rings (SSSR count). The van der Waals surface area contributed by atoms with E-state index in [0.29, 0.717) is 6.42 Å². The summed E-state index contributed by atoms with van der Waals surface area (Å²) in [6, 6.07) is 0. The van der Waals surface area contributed by atoms with Crippen LogP contribution in [0.15, 0.2) is 12.7 Å². The fraction of sp³-hybridized carbons (Fsp3) is 0.571. The Morgan fingerprint density at radius 2 is 2.22 bits per heavy atom. The molecule has 0 atom stereocenters. The molecule has 0 bridgehead atoms. The van der Waals surface area contributed by atoms with Crippen molar-refractivity contribution in [2.24, 2.45) is 0 Å². The maximum atomic E-state index is 10.0. The van der Waals surface area contributed by atoms with Crippen molar-refractivity contribution in [1.29, 1.82) is 5.41 Å². The number of nitrogens with one attached hydrogen (secondary N) is 1. The molecule has 0 saturated heterocycles. The normalized spacial score (nSPS) is 8.89. The zero-order chi connectivity index (χ0) is 7.11. The van der Waals surface area contributed by atoms with Gasteiger partial charge in [-0.15, -0.1) is 6.58 Å². The summed E-state index contributed by atoms with van der Waals surface area (Å²) >= 11 is 0. The Labute approximate surface area is 55.7 Å². The van der Waals surface area contributed by atoms with Crippen LogP contribution < -0.4 is 0 Å². The first-order chi connectivity index (χ1) is 4.27. The van der Waals surface area contributed by atoms with Crippen LogP contribution in [0.25, 0.3) is 0 Å². The van der Waals surface area contributed by atoms with Gasteiger partial charge in [-0.1, -0.05) is 6.08 Å². The fourth-order valence-electron chi connectivity index (χ4n) is 0.574. The zero-order valence-electron chi connectivity index (χ0n) is 5.52. The van der Waals surface area contributed by atoms with E-state index in [2.05, 4.69) is 6.58 Å². The van der Waals surface area contributed by atoms with Gasteiger partial charge in [0.05, 0.1) is 0 Å². The van der Waals surface area contributed by atoms with Crippen LogP contribution in [-0.2, 0) is 5.11 Å². The second-order valence-electron chi connectivity index (χ2n) is 1.96. The molecule has 0 fully saturated rings. The van der Waals surface area contributed by atoms with Crippen molar-refractivity contribution in [2.45, 2.75) is 25.7 Å². The molecule has 0 heterocycles. The smallest absolute Gasteiger partial charge is 0.238 e. The number of hydrogen-bond donors (Lipinski definition) is 1. The lowest BCUT2D eigenvalue weighted by Crippen LogP contribution is -1.89. The fourth-order valence-corrected chi connectivity index (χ4v) is 0.574. The SMILES string of the molecule is C=CCCCCC(=N)[O]. The van der Waals surface area contributed by atoms with Gasteiger partial charge >= 0.3 is 0 Å². The third-order valence-electron chi connectivity index (χ3n) is 1.06. The van der Waals surface area contributed by atoms with Crippen LogP contribution in [0.1, 0.15) is 25.7 Å². The average molecular weight is 126 g/mol. The Hall–Kier alpha value is -0.790. The van der Waals surface area contributed by atoms with Gasteiger partial charge < -0.3 is 0 Å². The second kappa shape index (κ2) is 5.35. The van der Waals surface area contributed by atoms with Crippen molar-refractivity contribution in [2.75, 3.05) is 0 Å². The van der Waals surface area contributed by atoms with E-state index in [0.717, 1.165) is 19.3 Å². The van der Waals surface area contributed by atoms with Crippen LogP contribution in [-0.4, -0.2) is 5.90 Å². The number of hydrogen-bond acceptors (Lipinski definition) is 1. The van der Waals surface area contributed by atoms with Crippen molar-refractivity contribution in [1.82, 2.24) is 0 Å². The molecule has 0 spiro atoms. The predicted octanol–water partition coefficient (Wildman–Crippen LogP) is 2.14. The predicted molar refractivity (Wildman–Crippen MR) is 37.1 cm³/mol. The summed E-state index contributed by atoms with van der Waals surface area (Å²) in [6.45, 7) is 3.55. The third kappa shape index (κ3) is 7.21. The maximum Gasteiger partial charge on any atom is 0.238 e. The summed E-state index contributed by atoms with van der Waals surface area (Å²) < 4.78 is 0. The molecule has 0 unspecified atom stereocenters. The largest absolute Gasteiger partial charge is 0.273 e. The third-order valence-corrected chi connectivity index (χ3v) is 1.06. The molecule has 0 aliphatic rings. The molecule has 1 N–H and O–H groups in total. The van der Waals surface area contributed by atoms with Gasteiger partial charge in [-0.05, 0) is 19.3 Å². The van der Waals surface area contributed by atoms with E-state index in [1.807, 2.05) is 6.08 Å². The zero-order valence-corrected chi connectivity index (χ0v) is 5.52. The van der Waals surface area contributed by atoms with Crippen LogP contribution in [0, 0.1) is 5.41 Å². The molecule has 0 aromatic rings. The van der Waals surface area contributed by atoms with Gasteiger partial charge in [-0.25, -0.2) is 0 Å². The lowest BCUT2D eigenvalue weighted by atomic mass is 10.2. The Kier molecular flexibility index (Phi) is 4.88. The molecule has 51 valence electrons. The summed E-state index contributed by atoms with van der Waals surface area (Å²) in [5.74, 6) is -0.459. The Bertz CT molecular complexity index is 99.1. The van der Waals surface area contributed by atoms with Gasteiger partial charge in [-0.2, -0.15) is 0 Å². The molecule has 0 aromatic heterocycles. The lowest BCUT2D eigenvalue weighted by Gasteiger charge is -1.90. The van der Waals surface area contributed by atoms with Crippen molar-refractivity contribution in [3.05, 3.63) is 12.7 Å². The molecule has 1 radical (unpaired) electrons. The van der Waals surface area contributed by atoms with Crippen molar-refractivity contribution >= 4 is 5.90 Å². The van der Waals surface area contributed by atoms with E-state index in [4.69, 9.17) is 5.41 Å². The number of rotatable bonds is 5. The standard InChI is InChI=1S/C7H12NO/c1-2-3-4-5-6-7(8)9/h2,8H,1,3-6H2. The van der Waals surface area contributed by atoms with Crippen molar-refractivity contribution < 1.29 is 5.11 Å². The first-order valence-corrected chi connectivity index (χ1v) is 3.12. The highest BCUT2D eigenvalue weighted by Gasteiger charge is 1.92. The lowest BCUT2D eigenvalue weighted by molar-refractivity contribution is 0.403. The monoisotopic (exact) mass is 126 g/mol. The van der Waals surface area contributed by atoms with Crippen molar-refractivity contribution in [3.63, 3.8) is 0 Å². The highest BCUT2D eigenvalue weighted by molar-refractivity contribution is 5.69. The minimum atomic E-state index is -0.459. The summed E-state index contributed by atoms with van der Waals surface area (Å²) in [7, 11) is 0. The van der Waals surface area contributed by atoms with Gasteiger partial charge in [-0.3, -0.25) is 10.5 Å². The Balaban J connectivity index is 2.91. The van der Waals surface area contributed by atoms with E-state index in [9.17, 15) is 5.11 Å². The van der Waals surface area contributed by atoms with Gasteiger partial charge in [0.15, 0.2) is 0 Å². The van der Waals surface area contributed by atoms with Gasteiger partial charge in [0, 0.05) is 6.42 Å². The van der Waals surface area contributed by atoms with E-state index in [-0.39, 0.29) is 0 Å². The van der Waals surface area contributed by atoms with Gasteiger partial charge in [0.1, 0.15) is 0 Å². The molecule has 2 nitrogen and oxygen atoms in total. The van der Waals surface area contributed by atoms with Gasteiger partial charge in [0.2, 0.25) is 5.90 Å². The topological polar surface area (TPSA) is 43.8 Å². The molecule has 2 heteroatoms. The number of allylic oxidation sites excluding steroid dienone is 1. The molecular weight excluding hydrogens is 114 g/mol. The molecule has 0 amide bonds. The molecule has 0 saturated carbocycles.